The third-order valence-electron chi connectivity index (χ3n) is 4.70. The van der Waals surface area contributed by atoms with Gasteiger partial charge in [0.2, 0.25) is 0 Å². The minimum Gasteiger partial charge on any atom is -0.480 e. The van der Waals surface area contributed by atoms with Gasteiger partial charge in [-0.25, -0.2) is 4.79 Å². The van der Waals surface area contributed by atoms with E-state index in [2.05, 4.69) is 0 Å². The van der Waals surface area contributed by atoms with Crippen LogP contribution in [0.25, 0.3) is 0 Å². The van der Waals surface area contributed by atoms with Crippen LogP contribution in [-0.4, -0.2) is 32.8 Å². The molecule has 2 aromatic carbocycles. The minimum absolute atomic E-state index is 0.123. The van der Waals surface area contributed by atoms with Crippen LogP contribution >= 0.6 is 0 Å². The monoisotopic (exact) mass is 354 g/mol. The van der Waals surface area contributed by atoms with Gasteiger partial charge in [0, 0.05) is 30.2 Å². The lowest BCUT2D eigenvalue weighted by atomic mass is 9.93. The molecule has 26 heavy (non-hydrogen) atoms. The first-order valence-corrected chi connectivity index (χ1v) is 8.30. The topological polar surface area (TPSA) is 101 Å². The molecule has 1 aliphatic rings. The van der Waals surface area contributed by atoms with Gasteiger partial charge in [0.15, 0.2) is 0 Å². The van der Waals surface area contributed by atoms with E-state index in [0.717, 1.165) is 11.1 Å². The third kappa shape index (κ3) is 3.15. The molecule has 0 saturated heterocycles. The third-order valence-corrected chi connectivity index (χ3v) is 4.70. The smallest absolute Gasteiger partial charge is 0.326 e. The van der Waals surface area contributed by atoms with Gasteiger partial charge in [0.1, 0.15) is 6.04 Å². The number of nitrogens with zero attached hydrogens (tertiary/aromatic N) is 2. The van der Waals surface area contributed by atoms with E-state index in [1.54, 1.807) is 13.0 Å². The van der Waals surface area contributed by atoms with Gasteiger partial charge in [-0.3, -0.25) is 14.9 Å². The number of fused-ring (bicyclic) bond motifs is 1. The Morgan fingerprint density at radius 3 is 2.54 bits per heavy atom. The van der Waals surface area contributed by atoms with Crippen LogP contribution in [0.3, 0.4) is 0 Å². The van der Waals surface area contributed by atoms with Crippen molar-refractivity contribution in [3.05, 3.63) is 74.8 Å². The SMILES string of the molecule is CCc1ccc(C(=O)N2Cc3ccccc3CC2C(=O)O)cc1[N+](=O)[O-]. The van der Waals surface area contributed by atoms with Gasteiger partial charge in [-0.05, 0) is 23.6 Å². The van der Waals surface area contributed by atoms with E-state index in [0.29, 0.717) is 12.0 Å². The van der Waals surface area contributed by atoms with E-state index < -0.39 is 22.8 Å². The molecule has 134 valence electrons. The van der Waals surface area contributed by atoms with Crippen LogP contribution in [0.1, 0.15) is 34.0 Å². The number of carboxylic acid groups (broad SMARTS) is 1. The van der Waals surface area contributed by atoms with Crippen LogP contribution in [0.5, 0.6) is 0 Å². The molecule has 1 heterocycles. The zero-order chi connectivity index (χ0) is 18.8. The summed E-state index contributed by atoms with van der Waals surface area (Å²) in [6.07, 6.45) is 0.687. The lowest BCUT2D eigenvalue weighted by Crippen LogP contribution is -2.48. The summed E-state index contributed by atoms with van der Waals surface area (Å²) < 4.78 is 0. The first kappa shape index (κ1) is 17.6. The highest BCUT2D eigenvalue weighted by molar-refractivity contribution is 5.97. The molecule has 1 unspecified atom stereocenters. The van der Waals surface area contributed by atoms with E-state index in [1.807, 2.05) is 24.3 Å². The Balaban J connectivity index is 1.99. The molecule has 0 saturated carbocycles. The van der Waals surface area contributed by atoms with Crippen LogP contribution in [-0.2, 0) is 24.2 Å². The maximum Gasteiger partial charge on any atom is 0.326 e. The summed E-state index contributed by atoms with van der Waals surface area (Å²) in [5, 5.41) is 20.8. The van der Waals surface area contributed by atoms with Crippen molar-refractivity contribution in [1.29, 1.82) is 0 Å². The number of amides is 1. The van der Waals surface area contributed by atoms with E-state index in [-0.39, 0.29) is 24.2 Å². The van der Waals surface area contributed by atoms with Crippen LogP contribution in [0.4, 0.5) is 5.69 Å². The number of carbonyl (C=O) groups is 2. The Labute approximate surface area is 150 Å². The molecule has 0 aliphatic carbocycles. The number of rotatable bonds is 4. The predicted molar refractivity (Wildman–Crippen MR) is 93.9 cm³/mol. The second-order valence-electron chi connectivity index (χ2n) is 6.21. The van der Waals surface area contributed by atoms with Gasteiger partial charge in [0.05, 0.1) is 4.92 Å². The summed E-state index contributed by atoms with van der Waals surface area (Å²) in [7, 11) is 0. The second kappa shape index (κ2) is 6.95. The fourth-order valence-electron chi connectivity index (χ4n) is 3.29. The number of carbonyl (C=O) groups excluding carboxylic acids is 1. The van der Waals surface area contributed by atoms with E-state index in [1.165, 1.54) is 17.0 Å². The molecule has 0 spiro atoms. The summed E-state index contributed by atoms with van der Waals surface area (Å²) in [6, 6.07) is 10.7. The first-order chi connectivity index (χ1) is 12.4. The van der Waals surface area contributed by atoms with Crippen molar-refractivity contribution in [3.63, 3.8) is 0 Å². The Morgan fingerprint density at radius 2 is 1.92 bits per heavy atom. The standard InChI is InChI=1S/C19H18N2O5/c1-2-12-7-8-14(10-16(12)21(25)26)18(22)20-11-15-6-4-3-5-13(15)9-17(20)19(23)24/h3-8,10,17H,2,9,11H2,1H3,(H,23,24). The van der Waals surface area contributed by atoms with Crippen molar-refractivity contribution < 1.29 is 19.6 Å². The zero-order valence-electron chi connectivity index (χ0n) is 14.2. The number of benzene rings is 2. The average Bonchev–Trinajstić information content (AvgIpc) is 2.65. The van der Waals surface area contributed by atoms with Crippen LogP contribution in [0, 0.1) is 10.1 Å². The van der Waals surface area contributed by atoms with Crippen LogP contribution < -0.4 is 0 Å². The molecule has 3 rings (SSSR count). The zero-order valence-corrected chi connectivity index (χ0v) is 14.2. The van der Waals surface area contributed by atoms with E-state index >= 15 is 0 Å². The maximum atomic E-state index is 12.9. The van der Waals surface area contributed by atoms with Crippen molar-refractivity contribution in [2.24, 2.45) is 0 Å². The molecular weight excluding hydrogens is 336 g/mol. The highest BCUT2D eigenvalue weighted by atomic mass is 16.6. The molecule has 1 amide bonds. The summed E-state index contributed by atoms with van der Waals surface area (Å²) >= 11 is 0. The molecule has 7 heteroatoms. The summed E-state index contributed by atoms with van der Waals surface area (Å²) in [5.74, 6) is -1.61. The van der Waals surface area contributed by atoms with Gasteiger partial charge in [-0.2, -0.15) is 0 Å². The van der Waals surface area contributed by atoms with E-state index in [4.69, 9.17) is 0 Å². The fraction of sp³-hybridized carbons (Fsp3) is 0.263. The highest BCUT2D eigenvalue weighted by Gasteiger charge is 2.35. The molecule has 2 aromatic rings. The second-order valence-corrected chi connectivity index (χ2v) is 6.21. The molecule has 0 aromatic heterocycles. The molecule has 0 fully saturated rings. The summed E-state index contributed by atoms with van der Waals surface area (Å²) in [5.41, 5.74) is 2.32. The number of hydrogen-bond donors (Lipinski definition) is 1. The van der Waals surface area contributed by atoms with Gasteiger partial charge in [-0.1, -0.05) is 37.3 Å². The number of nitro groups is 1. The highest BCUT2D eigenvalue weighted by Crippen LogP contribution is 2.27. The van der Waals surface area contributed by atoms with E-state index in [9.17, 15) is 24.8 Å². The van der Waals surface area contributed by atoms with Crippen LogP contribution in [0.2, 0.25) is 0 Å². The quantitative estimate of drug-likeness (QED) is 0.672. The van der Waals surface area contributed by atoms with Crippen molar-refractivity contribution in [3.8, 4) is 0 Å². The normalized spacial score (nSPS) is 16.0. The van der Waals surface area contributed by atoms with Gasteiger partial charge < -0.3 is 10.0 Å². The molecule has 0 bridgehead atoms. The first-order valence-electron chi connectivity index (χ1n) is 8.30. The van der Waals surface area contributed by atoms with Crippen molar-refractivity contribution >= 4 is 17.6 Å². The lowest BCUT2D eigenvalue weighted by Gasteiger charge is -2.34. The van der Waals surface area contributed by atoms with Gasteiger partial charge >= 0.3 is 5.97 Å². The van der Waals surface area contributed by atoms with Gasteiger partial charge in [-0.15, -0.1) is 0 Å². The average molecular weight is 354 g/mol. The molecular formula is C19H18N2O5. The summed E-state index contributed by atoms with van der Waals surface area (Å²) in [4.78, 5) is 36.6. The minimum atomic E-state index is -1.09. The largest absolute Gasteiger partial charge is 0.480 e. The van der Waals surface area contributed by atoms with Crippen molar-refractivity contribution in [2.45, 2.75) is 32.4 Å². The molecule has 1 N–H and O–H groups in total. The maximum absolute atomic E-state index is 12.9. The fourth-order valence-corrected chi connectivity index (χ4v) is 3.29. The predicted octanol–water partition coefficient (Wildman–Crippen LogP) is 2.81. The van der Waals surface area contributed by atoms with Crippen molar-refractivity contribution in [2.75, 3.05) is 0 Å². The molecule has 1 atom stereocenters. The summed E-state index contributed by atoms with van der Waals surface area (Å²) in [6.45, 7) is 1.96. The lowest BCUT2D eigenvalue weighted by molar-refractivity contribution is -0.385. The molecule has 7 nitrogen and oxygen atoms in total. The number of nitro benzene ring substituents is 1. The molecule has 0 radical (unpaired) electrons. The Kier molecular flexibility index (Phi) is 4.71. The molecule has 1 aliphatic heterocycles. The van der Waals surface area contributed by atoms with Crippen LogP contribution in [0.15, 0.2) is 42.5 Å². The number of carboxylic acids is 1. The Morgan fingerprint density at radius 1 is 1.23 bits per heavy atom. The number of aliphatic carboxylic acids is 1. The number of aryl methyl sites for hydroxylation is 1. The van der Waals surface area contributed by atoms with Gasteiger partial charge in [0.25, 0.3) is 11.6 Å². The van der Waals surface area contributed by atoms with Crippen molar-refractivity contribution in [1.82, 2.24) is 4.90 Å². The Hall–Kier alpha value is -3.22. The Bertz CT molecular complexity index is 893. The number of hydrogen-bond acceptors (Lipinski definition) is 4.